The molecule has 6 atom stereocenters. The normalized spacial score (nSPS) is 42.4. The summed E-state index contributed by atoms with van der Waals surface area (Å²) < 4.78 is 0. The van der Waals surface area contributed by atoms with E-state index in [4.69, 9.17) is 19.9 Å². The zero-order chi connectivity index (χ0) is 32.1. The number of hydrogen-bond acceptors (Lipinski definition) is 4. The Morgan fingerprint density at radius 2 is 1.02 bits per heavy atom. The van der Waals surface area contributed by atoms with Crippen LogP contribution in [0.4, 0.5) is 0 Å². The average molecular weight is 683 g/mol. The van der Waals surface area contributed by atoms with Crippen LogP contribution in [-0.4, -0.2) is 30.2 Å². The van der Waals surface area contributed by atoms with Gasteiger partial charge in [-0.1, -0.05) is 52.0 Å². The van der Waals surface area contributed by atoms with Gasteiger partial charge in [0.05, 0.1) is 0 Å². The summed E-state index contributed by atoms with van der Waals surface area (Å²) in [7, 11) is 1.16. The highest BCUT2D eigenvalue weighted by molar-refractivity contribution is 7.71. The van der Waals surface area contributed by atoms with Crippen LogP contribution in [0.3, 0.4) is 0 Å². The van der Waals surface area contributed by atoms with Crippen molar-refractivity contribution in [2.24, 2.45) is 33.5 Å². The number of aromatic nitrogens is 4. The Kier molecular flexibility index (Phi) is 7.46. The Balaban J connectivity index is 1.12. The van der Waals surface area contributed by atoms with Gasteiger partial charge < -0.3 is 0 Å². The highest BCUT2D eigenvalue weighted by atomic mass is 31.1. The molecular weight excluding hydrogens is 629 g/mol. The molecule has 0 N–H and O–H groups in total. The molecule has 2 heterocycles. The Morgan fingerprint density at radius 1 is 0.596 bits per heavy atom. The lowest BCUT2D eigenvalue weighted by atomic mass is 9.45. The van der Waals surface area contributed by atoms with Crippen molar-refractivity contribution in [2.75, 3.05) is 0 Å². The molecule has 7 heteroatoms. The fourth-order valence-electron chi connectivity index (χ4n) is 14.2. The van der Waals surface area contributed by atoms with E-state index in [1.165, 1.54) is 82.6 Å². The predicted molar refractivity (Wildman–Crippen MR) is 200 cm³/mol. The lowest BCUT2D eigenvalue weighted by Crippen LogP contribution is -2.57. The van der Waals surface area contributed by atoms with Crippen LogP contribution in [0.2, 0.25) is 0 Å². The minimum absolute atomic E-state index is 0.527. The van der Waals surface area contributed by atoms with Gasteiger partial charge in [0.15, 0.2) is 11.1 Å². The van der Waals surface area contributed by atoms with Gasteiger partial charge in [0.1, 0.15) is 0 Å². The monoisotopic (exact) mass is 682 g/mol. The third-order valence-corrected chi connectivity index (χ3v) is 19.9. The molecule has 8 fully saturated rings. The lowest BCUT2D eigenvalue weighted by Gasteiger charge is -2.67. The van der Waals surface area contributed by atoms with E-state index in [1.807, 2.05) is 36.9 Å². The highest BCUT2D eigenvalue weighted by Crippen LogP contribution is 2.78. The van der Waals surface area contributed by atoms with Gasteiger partial charge in [0.25, 0.3) is 0 Å². The van der Waals surface area contributed by atoms with E-state index < -0.39 is 7.92 Å². The second-order valence-corrected chi connectivity index (χ2v) is 25.3. The summed E-state index contributed by atoms with van der Waals surface area (Å²) in [6.07, 6.45) is 26.2. The SMILES string of the molecule is CC12CC3CC(C)(C1)CC(PC(PC14CC5CC(C)(CC(C)(C5)C1)C4)c1ccccc1CP(c1ncccn1)c1ncccn1)(C3)C2. The van der Waals surface area contributed by atoms with Crippen LogP contribution in [0.1, 0.15) is 121 Å². The fraction of sp³-hybridized carbons (Fsp3) is 0.650. The van der Waals surface area contributed by atoms with Gasteiger partial charge in [-0.05, 0) is 144 Å². The van der Waals surface area contributed by atoms with Gasteiger partial charge in [0, 0.05) is 44.3 Å². The Labute approximate surface area is 287 Å². The van der Waals surface area contributed by atoms with Crippen LogP contribution < -0.4 is 11.1 Å². The molecule has 0 aliphatic heterocycles. The fourth-order valence-corrected chi connectivity index (χ4v) is 23.3. The summed E-state index contributed by atoms with van der Waals surface area (Å²) in [5.41, 5.74) is 7.18. The zero-order valence-corrected chi connectivity index (χ0v) is 31.8. The van der Waals surface area contributed by atoms with Crippen molar-refractivity contribution in [1.29, 1.82) is 0 Å². The minimum Gasteiger partial charge on any atom is -0.237 e. The van der Waals surface area contributed by atoms with E-state index in [9.17, 15) is 0 Å². The average Bonchev–Trinajstić information content (AvgIpc) is 2.97. The molecular formula is C40H53N4P3. The topological polar surface area (TPSA) is 51.6 Å². The summed E-state index contributed by atoms with van der Waals surface area (Å²) in [6, 6.07) is 13.5. The number of hydrogen-bond donors (Lipinski definition) is 0. The smallest absolute Gasteiger partial charge is 0.158 e. The maximum atomic E-state index is 4.79. The van der Waals surface area contributed by atoms with Crippen LogP contribution in [-0.2, 0) is 6.16 Å². The summed E-state index contributed by atoms with van der Waals surface area (Å²) in [6.45, 7) is 10.7. The first-order chi connectivity index (χ1) is 22.4. The van der Waals surface area contributed by atoms with E-state index in [0.29, 0.717) is 37.4 Å². The van der Waals surface area contributed by atoms with Gasteiger partial charge in [-0.3, -0.25) is 0 Å². The predicted octanol–water partition coefficient (Wildman–Crippen LogP) is 9.75. The lowest BCUT2D eigenvalue weighted by molar-refractivity contribution is -0.0794. The molecule has 2 aromatic heterocycles. The molecule has 0 radical (unpaired) electrons. The standard InChI is InChI=1S/C40H53N4P3/c1-35-15-28-16-36(2,22-35)25-39(19-28,24-35)45-32(46-40-20-29-17-37(3,26-40)23-38(4,18-29)27-40)31-10-6-5-9-30(31)21-47(33-41-11-7-12-42-33)34-43-13-8-14-44-34/h5-14,28-29,32,45-46H,15-27H2,1-4H3. The van der Waals surface area contributed by atoms with Crippen molar-refractivity contribution >= 4 is 36.2 Å². The molecule has 8 bridgehead atoms. The Morgan fingerprint density at radius 3 is 1.45 bits per heavy atom. The van der Waals surface area contributed by atoms with Gasteiger partial charge in [-0.25, -0.2) is 19.9 Å². The molecule has 11 rings (SSSR count). The highest BCUT2D eigenvalue weighted by Gasteiger charge is 2.63. The van der Waals surface area contributed by atoms with Crippen molar-refractivity contribution in [3.63, 3.8) is 0 Å². The minimum atomic E-state index is -0.903. The van der Waals surface area contributed by atoms with E-state index >= 15 is 0 Å². The van der Waals surface area contributed by atoms with Crippen LogP contribution in [0.25, 0.3) is 0 Å². The maximum absolute atomic E-state index is 4.79. The second-order valence-electron chi connectivity index (χ2n) is 18.9. The molecule has 0 spiro atoms. The molecule has 8 aliphatic rings. The molecule has 0 saturated heterocycles. The van der Waals surface area contributed by atoms with E-state index in [0.717, 1.165) is 46.3 Å². The summed E-state index contributed by atoms with van der Waals surface area (Å²) in [4.78, 5) is 19.2. The van der Waals surface area contributed by atoms with Crippen molar-refractivity contribution in [2.45, 2.75) is 127 Å². The summed E-state index contributed by atoms with van der Waals surface area (Å²) in [5.74, 6) is 1.90. The van der Waals surface area contributed by atoms with Crippen LogP contribution in [0.15, 0.2) is 61.2 Å². The summed E-state index contributed by atoms with van der Waals surface area (Å²) >= 11 is 0. The van der Waals surface area contributed by atoms with Crippen LogP contribution in [0, 0.1) is 33.5 Å². The molecule has 3 aromatic rings. The Hall–Kier alpha value is -1.33. The van der Waals surface area contributed by atoms with Gasteiger partial charge in [-0.15, -0.1) is 17.2 Å². The first kappa shape index (κ1) is 31.6. The van der Waals surface area contributed by atoms with Crippen LogP contribution >= 0.6 is 25.1 Å². The number of benzene rings is 1. The molecule has 8 aliphatic carbocycles. The molecule has 4 nitrogen and oxygen atoms in total. The van der Waals surface area contributed by atoms with Gasteiger partial charge in [0.2, 0.25) is 0 Å². The Bertz CT molecular complexity index is 1520. The zero-order valence-electron chi connectivity index (χ0n) is 28.9. The molecule has 8 saturated carbocycles. The summed E-state index contributed by atoms with van der Waals surface area (Å²) in [5, 5.41) is 1.71. The van der Waals surface area contributed by atoms with E-state index in [-0.39, 0.29) is 0 Å². The van der Waals surface area contributed by atoms with Gasteiger partial charge in [-0.2, -0.15) is 0 Å². The molecule has 0 amide bonds. The first-order valence-corrected chi connectivity index (χ1v) is 22.1. The first-order valence-electron chi connectivity index (χ1n) is 18.4. The molecule has 1 aromatic carbocycles. The largest absolute Gasteiger partial charge is 0.237 e. The quantitative estimate of drug-likeness (QED) is 0.211. The number of nitrogens with zero attached hydrogens (tertiary/aromatic N) is 4. The van der Waals surface area contributed by atoms with Gasteiger partial charge >= 0.3 is 0 Å². The van der Waals surface area contributed by atoms with Crippen LogP contribution in [0.5, 0.6) is 0 Å². The van der Waals surface area contributed by atoms with E-state index in [2.05, 4.69) is 52.0 Å². The number of rotatable bonds is 9. The van der Waals surface area contributed by atoms with Crippen molar-refractivity contribution < 1.29 is 0 Å². The third kappa shape index (κ3) is 5.87. The molecule has 6 unspecified atom stereocenters. The molecule has 248 valence electrons. The van der Waals surface area contributed by atoms with Crippen molar-refractivity contribution in [3.8, 4) is 0 Å². The van der Waals surface area contributed by atoms with E-state index in [1.54, 1.807) is 5.56 Å². The maximum Gasteiger partial charge on any atom is 0.158 e. The van der Waals surface area contributed by atoms with Crippen molar-refractivity contribution in [3.05, 3.63) is 72.3 Å². The second kappa shape index (κ2) is 11.1. The third-order valence-electron chi connectivity index (χ3n) is 13.4. The van der Waals surface area contributed by atoms with Crippen molar-refractivity contribution in [1.82, 2.24) is 19.9 Å². The molecule has 47 heavy (non-hydrogen) atoms.